The van der Waals surface area contributed by atoms with Gasteiger partial charge in [0.25, 0.3) is 0 Å². The van der Waals surface area contributed by atoms with Crippen molar-refractivity contribution in [3.63, 3.8) is 0 Å². The molecular weight excluding hydrogens is 300 g/mol. The second-order valence-corrected chi connectivity index (χ2v) is 6.24. The van der Waals surface area contributed by atoms with Gasteiger partial charge in [-0.05, 0) is 35.4 Å². The lowest BCUT2D eigenvalue weighted by Crippen LogP contribution is -2.30. The van der Waals surface area contributed by atoms with E-state index in [1.165, 1.54) is 16.7 Å². The molecule has 5 heteroatoms. The first-order valence-electron chi connectivity index (χ1n) is 8.28. The summed E-state index contributed by atoms with van der Waals surface area (Å²) in [4.78, 5) is 18.6. The van der Waals surface area contributed by atoms with Gasteiger partial charge >= 0.3 is 6.03 Å². The van der Waals surface area contributed by atoms with Crippen LogP contribution in [0.15, 0.2) is 54.9 Å². The summed E-state index contributed by atoms with van der Waals surface area (Å²) in [6.07, 6.45) is 7.07. The Morgan fingerprint density at radius 3 is 2.58 bits per heavy atom. The number of pyridine rings is 1. The molecule has 1 unspecified atom stereocenters. The number of urea groups is 1. The van der Waals surface area contributed by atoms with E-state index in [-0.39, 0.29) is 6.03 Å². The number of nitrogens with one attached hydrogen (secondary N) is 2. The largest absolute Gasteiger partial charge is 0.391 e. The molecule has 0 saturated carbocycles. The molecule has 2 aliphatic heterocycles. The zero-order valence-corrected chi connectivity index (χ0v) is 13.4. The number of fused-ring (bicyclic) bond motifs is 1. The molecule has 1 atom stereocenters. The number of anilines is 1. The van der Waals surface area contributed by atoms with Gasteiger partial charge in [-0.2, -0.15) is 0 Å². The number of nitrogens with zero attached hydrogens (tertiary/aromatic N) is 2. The van der Waals surface area contributed by atoms with E-state index in [4.69, 9.17) is 0 Å². The first-order chi connectivity index (χ1) is 11.8. The predicted octanol–water partition coefficient (Wildman–Crippen LogP) is 3.22. The highest BCUT2D eigenvalue weighted by atomic mass is 16.2. The van der Waals surface area contributed by atoms with Gasteiger partial charge in [-0.3, -0.25) is 5.32 Å². The van der Waals surface area contributed by atoms with Crippen molar-refractivity contribution < 1.29 is 4.79 Å². The van der Waals surface area contributed by atoms with Crippen LogP contribution in [0.5, 0.6) is 0 Å². The first-order valence-corrected chi connectivity index (χ1v) is 8.28. The molecule has 24 heavy (non-hydrogen) atoms. The molecule has 0 fully saturated rings. The van der Waals surface area contributed by atoms with Crippen LogP contribution in [0.1, 0.15) is 29.0 Å². The third-order valence-corrected chi connectivity index (χ3v) is 4.62. The van der Waals surface area contributed by atoms with Crippen LogP contribution < -0.4 is 10.6 Å². The lowest BCUT2D eigenvalue weighted by atomic mass is 9.96. The van der Waals surface area contributed by atoms with Gasteiger partial charge in [0.1, 0.15) is 5.82 Å². The van der Waals surface area contributed by atoms with Crippen molar-refractivity contribution in [2.24, 2.45) is 0 Å². The lowest BCUT2D eigenvalue weighted by Gasteiger charge is -2.18. The average Bonchev–Trinajstić information content (AvgIpc) is 3.07. The van der Waals surface area contributed by atoms with Gasteiger partial charge in [0, 0.05) is 31.7 Å². The minimum Gasteiger partial charge on any atom is -0.391 e. The van der Waals surface area contributed by atoms with Gasteiger partial charge in [-0.25, -0.2) is 9.78 Å². The number of benzene rings is 1. The molecule has 0 bridgehead atoms. The molecule has 2 amide bonds. The Hall–Kier alpha value is -2.82. The van der Waals surface area contributed by atoms with Crippen LogP contribution in [-0.4, -0.2) is 22.5 Å². The smallest absolute Gasteiger partial charge is 0.323 e. The molecule has 1 aromatic heterocycles. The van der Waals surface area contributed by atoms with Crippen molar-refractivity contribution in [3.8, 4) is 0 Å². The van der Waals surface area contributed by atoms with Crippen LogP contribution in [0, 0.1) is 0 Å². The predicted molar refractivity (Wildman–Crippen MR) is 93.4 cm³/mol. The Labute approximate surface area is 141 Å². The zero-order valence-electron chi connectivity index (χ0n) is 13.4. The van der Waals surface area contributed by atoms with E-state index in [1.54, 1.807) is 4.90 Å². The van der Waals surface area contributed by atoms with Gasteiger partial charge in [0.2, 0.25) is 0 Å². The topological polar surface area (TPSA) is 57.3 Å². The number of rotatable bonds is 2. The van der Waals surface area contributed by atoms with E-state index in [2.05, 4.69) is 33.8 Å². The number of hydrogen-bond acceptors (Lipinski definition) is 3. The van der Waals surface area contributed by atoms with E-state index in [0.29, 0.717) is 24.8 Å². The van der Waals surface area contributed by atoms with Gasteiger partial charge < -0.3 is 10.2 Å². The van der Waals surface area contributed by atoms with Crippen LogP contribution >= 0.6 is 0 Å². The van der Waals surface area contributed by atoms with Crippen molar-refractivity contribution in [1.82, 2.24) is 15.2 Å². The van der Waals surface area contributed by atoms with E-state index in [9.17, 15) is 4.79 Å². The molecule has 2 N–H and O–H groups in total. The van der Waals surface area contributed by atoms with Crippen LogP contribution in [0.25, 0.3) is 0 Å². The van der Waals surface area contributed by atoms with Gasteiger partial charge in [-0.1, -0.05) is 36.4 Å². The molecule has 0 spiro atoms. The maximum Gasteiger partial charge on any atom is 0.323 e. The molecule has 5 nitrogen and oxygen atoms in total. The van der Waals surface area contributed by atoms with Crippen LogP contribution in [0.2, 0.25) is 0 Å². The maximum atomic E-state index is 12.4. The number of amides is 2. The number of allylic oxidation sites excluding steroid dienone is 1. The average molecular weight is 320 g/mol. The van der Waals surface area contributed by atoms with Crippen molar-refractivity contribution in [1.29, 1.82) is 0 Å². The van der Waals surface area contributed by atoms with E-state index < -0.39 is 0 Å². The normalized spacial score (nSPS) is 18.8. The summed E-state index contributed by atoms with van der Waals surface area (Å²) in [5.41, 5.74) is 3.61. The summed E-state index contributed by atoms with van der Waals surface area (Å²) in [7, 11) is 0. The number of carbonyl (C=O) groups is 1. The van der Waals surface area contributed by atoms with Crippen LogP contribution in [0.3, 0.4) is 0 Å². The van der Waals surface area contributed by atoms with E-state index in [0.717, 1.165) is 13.0 Å². The number of hydrogen-bond donors (Lipinski definition) is 2. The molecule has 1 aromatic carbocycles. The van der Waals surface area contributed by atoms with Gasteiger partial charge in [-0.15, -0.1) is 0 Å². The van der Waals surface area contributed by atoms with Gasteiger partial charge in [0.15, 0.2) is 0 Å². The summed E-state index contributed by atoms with van der Waals surface area (Å²) < 4.78 is 0. The summed E-state index contributed by atoms with van der Waals surface area (Å²) in [5.74, 6) is 0.995. The Kier molecular flexibility index (Phi) is 3.91. The van der Waals surface area contributed by atoms with Gasteiger partial charge in [0.05, 0.1) is 0 Å². The summed E-state index contributed by atoms with van der Waals surface area (Å²) in [5, 5.41) is 6.09. The highest BCUT2D eigenvalue weighted by Crippen LogP contribution is 2.24. The lowest BCUT2D eigenvalue weighted by molar-refractivity contribution is 0.212. The molecule has 2 aromatic rings. The summed E-state index contributed by atoms with van der Waals surface area (Å²) in [6.45, 7) is 2.29. The SMILES string of the molecule is O=C(Nc1ccc(C2C=CNCC2)cn1)N1Cc2ccccc2C1. The number of carbonyl (C=O) groups excluding carboxylic acids is 1. The molecule has 0 saturated heterocycles. The fraction of sp³-hybridized carbons (Fsp3) is 0.263. The standard InChI is InChI=1S/C19H20N4O/c24-19(23-12-16-3-1-2-4-17(16)13-23)22-18-6-5-15(11-21-18)14-7-9-20-10-8-14/h1-7,9,11,14,20H,8,10,12-13H2,(H,21,22,24). The van der Waals surface area contributed by atoms with E-state index >= 15 is 0 Å². The molecule has 3 heterocycles. The monoisotopic (exact) mass is 320 g/mol. The number of aromatic nitrogens is 1. The quantitative estimate of drug-likeness (QED) is 0.893. The molecule has 4 rings (SSSR count). The van der Waals surface area contributed by atoms with Crippen LogP contribution in [0.4, 0.5) is 10.6 Å². The summed E-state index contributed by atoms with van der Waals surface area (Å²) >= 11 is 0. The van der Waals surface area contributed by atoms with Crippen molar-refractivity contribution in [2.45, 2.75) is 25.4 Å². The van der Waals surface area contributed by atoms with Crippen LogP contribution in [-0.2, 0) is 13.1 Å². The summed E-state index contributed by atoms with van der Waals surface area (Å²) in [6, 6.07) is 12.0. The highest BCUT2D eigenvalue weighted by Gasteiger charge is 2.23. The molecule has 2 aliphatic rings. The highest BCUT2D eigenvalue weighted by molar-refractivity contribution is 5.88. The molecular formula is C19H20N4O. The fourth-order valence-corrected chi connectivity index (χ4v) is 3.24. The Morgan fingerprint density at radius 2 is 1.96 bits per heavy atom. The van der Waals surface area contributed by atoms with Crippen molar-refractivity contribution in [2.75, 3.05) is 11.9 Å². The second-order valence-electron chi connectivity index (χ2n) is 6.24. The van der Waals surface area contributed by atoms with Crippen molar-refractivity contribution in [3.05, 3.63) is 71.6 Å². The Morgan fingerprint density at radius 1 is 1.17 bits per heavy atom. The first kappa shape index (κ1) is 14.8. The Balaban J connectivity index is 1.40. The zero-order chi connectivity index (χ0) is 16.4. The minimum atomic E-state index is -0.104. The molecule has 122 valence electrons. The van der Waals surface area contributed by atoms with E-state index in [1.807, 2.05) is 36.7 Å². The molecule has 0 radical (unpaired) electrons. The minimum absolute atomic E-state index is 0.104. The second kappa shape index (κ2) is 6.35. The maximum absolute atomic E-state index is 12.4. The fourth-order valence-electron chi connectivity index (χ4n) is 3.24. The Bertz CT molecular complexity index is 744. The van der Waals surface area contributed by atoms with Crippen molar-refractivity contribution >= 4 is 11.8 Å². The third-order valence-electron chi connectivity index (χ3n) is 4.62. The third kappa shape index (κ3) is 2.97. The molecule has 0 aliphatic carbocycles.